The smallest absolute Gasteiger partial charge is 0.272 e. The van der Waals surface area contributed by atoms with Crippen LogP contribution in [-0.4, -0.2) is 24.1 Å². The molecule has 8 nitrogen and oxygen atoms in total. The van der Waals surface area contributed by atoms with Gasteiger partial charge in [-0.3, -0.25) is 15.0 Å². The molecule has 0 aliphatic carbocycles. The normalized spacial score (nSPS) is 11.6. The number of benzene rings is 2. The summed E-state index contributed by atoms with van der Waals surface area (Å²) in [7, 11) is -4.11. The molecular formula is C21H23ClN4O4S. The number of hydrazine groups is 1. The molecule has 1 aromatic heterocycles. The summed E-state index contributed by atoms with van der Waals surface area (Å²) < 4.78 is 26.4. The highest BCUT2D eigenvalue weighted by Crippen LogP contribution is 2.22. The Kier molecular flexibility index (Phi) is 7.09. The standard InChI is InChI=1S/C21H23ClN4O4S/c1-3-4-7-12-26-21(28)16-9-6-5-8-15(16)19(24-26)20(27)23-25-31(29,30)18-11-10-14(2)13-17(18)22/h5-6,8-11,13,25H,3-4,7,12H2,1-2H3,(H,23,27). The number of fused-ring (bicyclic) bond motifs is 1. The van der Waals surface area contributed by atoms with E-state index in [0.717, 1.165) is 24.8 Å². The van der Waals surface area contributed by atoms with Crippen molar-refractivity contribution < 1.29 is 13.2 Å². The Morgan fingerprint density at radius 1 is 1.13 bits per heavy atom. The molecule has 0 spiro atoms. The first-order chi connectivity index (χ1) is 14.7. The third-order valence-corrected chi connectivity index (χ3v) is 6.46. The molecule has 0 saturated heterocycles. The second kappa shape index (κ2) is 9.59. The van der Waals surface area contributed by atoms with E-state index in [-0.39, 0.29) is 21.2 Å². The number of aryl methyl sites for hydroxylation is 2. The fraction of sp³-hybridized carbons (Fsp3) is 0.286. The largest absolute Gasteiger partial charge is 0.287 e. The molecule has 10 heteroatoms. The number of carbonyl (C=O) groups excluding carboxylic acids is 1. The number of rotatable bonds is 8. The van der Waals surface area contributed by atoms with Crippen LogP contribution in [0.15, 0.2) is 52.2 Å². The fourth-order valence-electron chi connectivity index (χ4n) is 3.12. The van der Waals surface area contributed by atoms with Gasteiger partial charge in [-0.25, -0.2) is 13.1 Å². The lowest BCUT2D eigenvalue weighted by atomic mass is 10.1. The molecule has 2 aromatic carbocycles. The molecule has 0 fully saturated rings. The third kappa shape index (κ3) is 5.12. The second-order valence-electron chi connectivity index (χ2n) is 7.12. The van der Waals surface area contributed by atoms with Gasteiger partial charge in [0.2, 0.25) is 0 Å². The van der Waals surface area contributed by atoms with Crippen LogP contribution in [0.5, 0.6) is 0 Å². The van der Waals surface area contributed by atoms with Crippen molar-refractivity contribution >= 4 is 38.3 Å². The van der Waals surface area contributed by atoms with Gasteiger partial charge in [-0.15, -0.1) is 4.83 Å². The lowest BCUT2D eigenvalue weighted by Crippen LogP contribution is -2.42. The zero-order chi connectivity index (χ0) is 22.6. The molecule has 0 aliphatic rings. The summed E-state index contributed by atoms with van der Waals surface area (Å²) in [4.78, 5) is 27.4. The summed E-state index contributed by atoms with van der Waals surface area (Å²) in [6.07, 6.45) is 2.62. The Hall–Kier alpha value is -2.75. The summed E-state index contributed by atoms with van der Waals surface area (Å²) >= 11 is 6.04. The molecule has 0 aliphatic heterocycles. The number of halogens is 1. The molecule has 3 aromatic rings. The van der Waals surface area contributed by atoms with E-state index in [1.165, 1.54) is 16.8 Å². The maximum Gasteiger partial charge on any atom is 0.287 e. The number of hydrogen-bond acceptors (Lipinski definition) is 5. The SMILES string of the molecule is CCCCCn1nc(C(=O)NNS(=O)(=O)c2ccc(C)cc2Cl)c2ccccc2c1=O. The Labute approximate surface area is 185 Å². The molecule has 0 radical (unpaired) electrons. The van der Waals surface area contributed by atoms with Gasteiger partial charge in [-0.05, 0) is 37.1 Å². The molecule has 0 atom stereocenters. The van der Waals surface area contributed by atoms with Gasteiger partial charge in [0.05, 0.1) is 10.4 Å². The Morgan fingerprint density at radius 2 is 1.84 bits per heavy atom. The van der Waals surface area contributed by atoms with Crippen LogP contribution >= 0.6 is 11.6 Å². The molecule has 0 bridgehead atoms. The van der Waals surface area contributed by atoms with Crippen LogP contribution in [0.4, 0.5) is 0 Å². The maximum absolute atomic E-state index is 12.8. The Morgan fingerprint density at radius 3 is 2.52 bits per heavy atom. The van der Waals surface area contributed by atoms with Gasteiger partial charge in [0.1, 0.15) is 4.90 Å². The highest BCUT2D eigenvalue weighted by Gasteiger charge is 2.21. The number of nitrogens with one attached hydrogen (secondary N) is 2. The molecule has 0 unspecified atom stereocenters. The number of carbonyl (C=O) groups is 1. The van der Waals surface area contributed by atoms with Gasteiger partial charge >= 0.3 is 0 Å². The zero-order valence-corrected chi connectivity index (χ0v) is 18.8. The molecular weight excluding hydrogens is 440 g/mol. The van der Waals surface area contributed by atoms with Crippen LogP contribution in [-0.2, 0) is 16.6 Å². The second-order valence-corrected chi connectivity index (χ2v) is 9.18. The van der Waals surface area contributed by atoms with Crippen molar-refractivity contribution in [3.05, 3.63) is 69.1 Å². The zero-order valence-electron chi connectivity index (χ0n) is 17.2. The first-order valence-electron chi connectivity index (χ1n) is 9.82. The molecule has 0 saturated carbocycles. The number of hydrogen-bond donors (Lipinski definition) is 2. The quantitative estimate of drug-likeness (QED) is 0.394. The average Bonchev–Trinajstić information content (AvgIpc) is 2.73. The number of unbranched alkanes of at least 4 members (excludes halogenated alkanes) is 2. The summed E-state index contributed by atoms with van der Waals surface area (Å²) in [5.74, 6) is -0.785. The van der Waals surface area contributed by atoms with Gasteiger partial charge in [-0.2, -0.15) is 5.10 Å². The predicted octanol–water partition coefficient (Wildman–Crippen LogP) is 3.17. The molecule has 3 rings (SSSR count). The van der Waals surface area contributed by atoms with E-state index in [1.54, 1.807) is 37.3 Å². The van der Waals surface area contributed by atoms with Crippen molar-refractivity contribution in [3.8, 4) is 0 Å². The summed E-state index contributed by atoms with van der Waals surface area (Å²) in [6, 6.07) is 11.1. The van der Waals surface area contributed by atoms with E-state index >= 15 is 0 Å². The first-order valence-corrected chi connectivity index (χ1v) is 11.7. The number of amides is 1. The molecule has 2 N–H and O–H groups in total. The Balaban J connectivity index is 1.91. The lowest BCUT2D eigenvalue weighted by Gasteiger charge is -2.13. The highest BCUT2D eigenvalue weighted by atomic mass is 35.5. The van der Waals surface area contributed by atoms with Crippen LogP contribution in [0.2, 0.25) is 5.02 Å². The van der Waals surface area contributed by atoms with Crippen LogP contribution in [0.25, 0.3) is 10.8 Å². The average molecular weight is 463 g/mol. The van der Waals surface area contributed by atoms with Crippen LogP contribution < -0.4 is 15.8 Å². The van der Waals surface area contributed by atoms with Crippen molar-refractivity contribution in [2.75, 3.05) is 0 Å². The first kappa shape index (κ1) is 22.9. The van der Waals surface area contributed by atoms with Crippen molar-refractivity contribution in [1.82, 2.24) is 20.0 Å². The minimum atomic E-state index is -4.11. The summed E-state index contributed by atoms with van der Waals surface area (Å²) in [6.45, 7) is 4.19. The van der Waals surface area contributed by atoms with Crippen LogP contribution in [0, 0.1) is 6.92 Å². The summed E-state index contributed by atoms with van der Waals surface area (Å²) in [5.41, 5.74) is 2.62. The number of aromatic nitrogens is 2. The van der Waals surface area contributed by atoms with Gasteiger partial charge in [-0.1, -0.05) is 55.6 Å². The number of sulfonamides is 1. The fourth-order valence-corrected chi connectivity index (χ4v) is 4.56. The molecule has 164 valence electrons. The van der Waals surface area contributed by atoms with Crippen LogP contribution in [0.3, 0.4) is 0 Å². The van der Waals surface area contributed by atoms with E-state index in [0.29, 0.717) is 17.3 Å². The topological polar surface area (TPSA) is 110 Å². The maximum atomic E-state index is 12.8. The van der Waals surface area contributed by atoms with Crippen molar-refractivity contribution in [1.29, 1.82) is 0 Å². The van der Waals surface area contributed by atoms with Gasteiger partial charge in [0, 0.05) is 11.9 Å². The highest BCUT2D eigenvalue weighted by molar-refractivity contribution is 7.89. The summed E-state index contributed by atoms with van der Waals surface area (Å²) in [5, 5.41) is 4.92. The minimum Gasteiger partial charge on any atom is -0.272 e. The minimum absolute atomic E-state index is 0.0368. The van der Waals surface area contributed by atoms with Gasteiger partial charge in [0.15, 0.2) is 5.69 Å². The molecule has 1 amide bonds. The van der Waals surface area contributed by atoms with Gasteiger partial charge < -0.3 is 0 Å². The third-order valence-electron chi connectivity index (χ3n) is 4.73. The van der Waals surface area contributed by atoms with E-state index in [9.17, 15) is 18.0 Å². The monoisotopic (exact) mass is 462 g/mol. The van der Waals surface area contributed by atoms with Gasteiger partial charge in [0.25, 0.3) is 21.5 Å². The van der Waals surface area contributed by atoms with E-state index < -0.39 is 15.9 Å². The van der Waals surface area contributed by atoms with E-state index in [2.05, 4.69) is 10.5 Å². The Bertz CT molecular complexity index is 1290. The van der Waals surface area contributed by atoms with Crippen molar-refractivity contribution in [2.45, 2.75) is 44.6 Å². The van der Waals surface area contributed by atoms with Crippen molar-refractivity contribution in [2.24, 2.45) is 0 Å². The van der Waals surface area contributed by atoms with Crippen LogP contribution in [0.1, 0.15) is 42.2 Å². The van der Waals surface area contributed by atoms with E-state index in [1.807, 2.05) is 11.8 Å². The van der Waals surface area contributed by atoms with Crippen molar-refractivity contribution in [3.63, 3.8) is 0 Å². The molecule has 1 heterocycles. The predicted molar refractivity (Wildman–Crippen MR) is 120 cm³/mol. The number of nitrogens with zero attached hydrogens (tertiary/aromatic N) is 2. The lowest BCUT2D eigenvalue weighted by molar-refractivity contribution is 0.0939. The molecule has 31 heavy (non-hydrogen) atoms. The van der Waals surface area contributed by atoms with E-state index in [4.69, 9.17) is 11.6 Å².